The molecule has 0 aliphatic heterocycles. The van der Waals surface area contributed by atoms with Gasteiger partial charge in [-0.25, -0.2) is 9.59 Å². The lowest BCUT2D eigenvalue weighted by atomic mass is 10.2. The SMILES string of the molecule is O=C(O)COc1cc(Cl)ccc1C#CCNC(=O)OCc1ccccc1. The van der Waals surface area contributed by atoms with Gasteiger partial charge in [-0.2, -0.15) is 0 Å². The predicted octanol–water partition coefficient (Wildman–Crippen LogP) is 3.08. The molecule has 0 aliphatic carbocycles. The van der Waals surface area contributed by atoms with Crippen molar-refractivity contribution in [3.05, 3.63) is 64.7 Å². The van der Waals surface area contributed by atoms with Gasteiger partial charge in [0.2, 0.25) is 0 Å². The smallest absolute Gasteiger partial charge is 0.408 e. The number of carbonyl (C=O) groups is 2. The zero-order valence-electron chi connectivity index (χ0n) is 13.7. The van der Waals surface area contributed by atoms with Crippen molar-refractivity contribution in [2.45, 2.75) is 6.61 Å². The van der Waals surface area contributed by atoms with Crippen LogP contribution < -0.4 is 10.1 Å². The van der Waals surface area contributed by atoms with E-state index in [1.54, 1.807) is 12.1 Å². The fourth-order valence-electron chi connectivity index (χ4n) is 1.89. The lowest BCUT2D eigenvalue weighted by Gasteiger charge is -2.06. The molecule has 0 aliphatic rings. The summed E-state index contributed by atoms with van der Waals surface area (Å²) in [5.41, 5.74) is 1.35. The van der Waals surface area contributed by atoms with Crippen molar-refractivity contribution in [1.29, 1.82) is 0 Å². The van der Waals surface area contributed by atoms with Crippen LogP contribution in [-0.2, 0) is 16.1 Å². The van der Waals surface area contributed by atoms with E-state index in [2.05, 4.69) is 17.2 Å². The van der Waals surface area contributed by atoms with Crippen LogP contribution >= 0.6 is 11.6 Å². The Labute approximate surface area is 155 Å². The van der Waals surface area contributed by atoms with Gasteiger partial charge in [0.25, 0.3) is 0 Å². The average Bonchev–Trinajstić information content (AvgIpc) is 2.64. The number of hydrogen-bond acceptors (Lipinski definition) is 4. The van der Waals surface area contributed by atoms with Crippen LogP contribution in [0.5, 0.6) is 5.75 Å². The van der Waals surface area contributed by atoms with Crippen molar-refractivity contribution in [2.24, 2.45) is 0 Å². The number of carboxylic acid groups (broad SMARTS) is 1. The zero-order chi connectivity index (χ0) is 18.8. The maximum atomic E-state index is 11.6. The molecular weight excluding hydrogens is 358 g/mol. The second kappa shape index (κ2) is 9.97. The Morgan fingerprint density at radius 2 is 1.92 bits per heavy atom. The number of benzene rings is 2. The van der Waals surface area contributed by atoms with Crippen LogP contribution in [0.1, 0.15) is 11.1 Å². The highest BCUT2D eigenvalue weighted by molar-refractivity contribution is 6.30. The van der Waals surface area contributed by atoms with Gasteiger partial charge in [-0.05, 0) is 17.7 Å². The third-order valence-corrected chi connectivity index (χ3v) is 3.29. The number of rotatable bonds is 6. The second-order valence-corrected chi connectivity index (χ2v) is 5.48. The lowest BCUT2D eigenvalue weighted by Crippen LogP contribution is -2.24. The van der Waals surface area contributed by atoms with Crippen molar-refractivity contribution < 1.29 is 24.2 Å². The highest BCUT2D eigenvalue weighted by Crippen LogP contribution is 2.22. The first kappa shape index (κ1) is 19.2. The quantitative estimate of drug-likeness (QED) is 0.760. The maximum Gasteiger partial charge on any atom is 0.408 e. The van der Waals surface area contributed by atoms with E-state index >= 15 is 0 Å². The fraction of sp³-hybridized carbons (Fsp3) is 0.158. The van der Waals surface area contributed by atoms with E-state index in [1.165, 1.54) is 6.07 Å². The van der Waals surface area contributed by atoms with Crippen LogP contribution in [-0.4, -0.2) is 30.3 Å². The molecule has 0 saturated heterocycles. The van der Waals surface area contributed by atoms with Gasteiger partial charge in [-0.1, -0.05) is 53.8 Å². The molecule has 0 radical (unpaired) electrons. The monoisotopic (exact) mass is 373 g/mol. The highest BCUT2D eigenvalue weighted by Gasteiger charge is 2.05. The minimum atomic E-state index is -1.10. The Hall–Kier alpha value is -3.17. The molecule has 0 aromatic heterocycles. The molecule has 2 aromatic rings. The molecule has 0 atom stereocenters. The minimum absolute atomic E-state index is 0.0641. The molecule has 0 heterocycles. The number of halogens is 1. The van der Waals surface area contributed by atoms with Gasteiger partial charge >= 0.3 is 12.1 Å². The standard InChI is InChI=1S/C19H16ClNO5/c20-16-9-8-15(17(11-16)25-13-18(22)23)7-4-10-21-19(24)26-12-14-5-2-1-3-6-14/h1-3,5-6,8-9,11H,10,12-13H2,(H,21,24)(H,22,23). The number of hydrogen-bond donors (Lipinski definition) is 2. The third-order valence-electron chi connectivity index (χ3n) is 3.05. The Morgan fingerprint density at radius 1 is 1.15 bits per heavy atom. The van der Waals surface area contributed by atoms with Gasteiger partial charge in [0.1, 0.15) is 12.4 Å². The molecule has 0 bridgehead atoms. The molecule has 134 valence electrons. The second-order valence-electron chi connectivity index (χ2n) is 5.04. The van der Waals surface area contributed by atoms with Crippen LogP contribution in [0.3, 0.4) is 0 Å². The van der Waals surface area contributed by atoms with E-state index in [0.29, 0.717) is 10.6 Å². The van der Waals surface area contributed by atoms with Crippen LogP contribution in [0.2, 0.25) is 5.02 Å². The Bertz CT molecular complexity index is 827. The topological polar surface area (TPSA) is 84.9 Å². The van der Waals surface area contributed by atoms with E-state index in [0.717, 1.165) is 5.56 Å². The maximum absolute atomic E-state index is 11.6. The lowest BCUT2D eigenvalue weighted by molar-refractivity contribution is -0.139. The van der Waals surface area contributed by atoms with Crippen molar-refractivity contribution >= 4 is 23.7 Å². The molecule has 1 amide bonds. The Balaban J connectivity index is 1.85. The van der Waals surface area contributed by atoms with Crippen molar-refractivity contribution in [2.75, 3.05) is 13.2 Å². The Kier molecular flexibility index (Phi) is 7.34. The molecule has 6 nitrogen and oxygen atoms in total. The van der Waals surface area contributed by atoms with E-state index in [4.69, 9.17) is 26.2 Å². The summed E-state index contributed by atoms with van der Waals surface area (Å²) in [6.07, 6.45) is -0.582. The summed E-state index contributed by atoms with van der Waals surface area (Å²) in [6.45, 7) is -0.266. The first-order chi connectivity index (χ1) is 12.5. The van der Waals surface area contributed by atoms with Gasteiger partial charge in [0.15, 0.2) is 6.61 Å². The summed E-state index contributed by atoms with van der Waals surface area (Å²) >= 11 is 5.87. The molecule has 2 rings (SSSR count). The summed E-state index contributed by atoms with van der Waals surface area (Å²) < 4.78 is 10.2. The summed E-state index contributed by atoms with van der Waals surface area (Å²) in [4.78, 5) is 22.2. The van der Waals surface area contributed by atoms with Gasteiger partial charge in [0.05, 0.1) is 12.1 Å². The van der Waals surface area contributed by atoms with Gasteiger partial charge in [0, 0.05) is 11.1 Å². The normalized spacial score (nSPS) is 9.58. The first-order valence-electron chi connectivity index (χ1n) is 7.62. The predicted molar refractivity (Wildman–Crippen MR) is 96.1 cm³/mol. The van der Waals surface area contributed by atoms with Gasteiger partial charge in [-0.15, -0.1) is 0 Å². The fourth-order valence-corrected chi connectivity index (χ4v) is 2.05. The number of alkyl carbamates (subject to hydrolysis) is 1. The van der Waals surface area contributed by atoms with E-state index < -0.39 is 18.7 Å². The first-order valence-corrected chi connectivity index (χ1v) is 8.00. The van der Waals surface area contributed by atoms with Crippen LogP contribution in [0.4, 0.5) is 4.79 Å². The molecule has 0 spiro atoms. The number of amides is 1. The number of ether oxygens (including phenoxy) is 2. The summed E-state index contributed by atoms with van der Waals surface area (Å²) in [5.74, 6) is 4.70. The van der Waals surface area contributed by atoms with Gasteiger partial charge < -0.3 is 19.9 Å². The van der Waals surface area contributed by atoms with Crippen molar-refractivity contribution in [1.82, 2.24) is 5.32 Å². The molecule has 0 unspecified atom stereocenters. The summed E-state index contributed by atoms with van der Waals surface area (Å²) in [5, 5.41) is 11.6. The number of carbonyl (C=O) groups excluding carboxylic acids is 1. The highest BCUT2D eigenvalue weighted by atomic mass is 35.5. The van der Waals surface area contributed by atoms with Crippen molar-refractivity contribution in [3.63, 3.8) is 0 Å². The summed E-state index contributed by atoms with van der Waals surface area (Å²) in [7, 11) is 0. The van der Waals surface area contributed by atoms with Crippen LogP contribution in [0.15, 0.2) is 48.5 Å². The third kappa shape index (κ3) is 6.75. The van der Waals surface area contributed by atoms with E-state index in [-0.39, 0.29) is 18.9 Å². The van der Waals surface area contributed by atoms with Crippen LogP contribution in [0, 0.1) is 11.8 Å². The molecule has 7 heteroatoms. The largest absolute Gasteiger partial charge is 0.481 e. The number of carboxylic acids is 1. The Morgan fingerprint density at radius 3 is 2.65 bits per heavy atom. The zero-order valence-corrected chi connectivity index (χ0v) is 14.5. The molecule has 0 saturated carbocycles. The number of nitrogens with one attached hydrogen (secondary N) is 1. The molecule has 2 aromatic carbocycles. The van der Waals surface area contributed by atoms with Gasteiger partial charge in [-0.3, -0.25) is 0 Å². The molecule has 2 N–H and O–H groups in total. The number of aliphatic carboxylic acids is 1. The molecule has 26 heavy (non-hydrogen) atoms. The van der Waals surface area contributed by atoms with E-state index in [9.17, 15) is 9.59 Å². The minimum Gasteiger partial charge on any atom is -0.481 e. The van der Waals surface area contributed by atoms with Crippen LogP contribution in [0.25, 0.3) is 0 Å². The molecular formula is C19H16ClNO5. The average molecular weight is 374 g/mol. The van der Waals surface area contributed by atoms with Crippen molar-refractivity contribution in [3.8, 4) is 17.6 Å². The molecule has 0 fully saturated rings. The van der Waals surface area contributed by atoms with E-state index in [1.807, 2.05) is 30.3 Å². The summed E-state index contributed by atoms with van der Waals surface area (Å²) in [6, 6.07) is 14.0.